The molecule has 0 unspecified atom stereocenters. The number of benzene rings is 1. The second-order valence-electron chi connectivity index (χ2n) is 10.8. The first-order chi connectivity index (χ1) is 18.9. The zero-order valence-electron chi connectivity index (χ0n) is 22.6. The molecule has 1 spiro atoms. The monoisotopic (exact) mass is 546 g/mol. The fourth-order valence-electron chi connectivity index (χ4n) is 5.48. The van der Waals surface area contributed by atoms with Crippen LogP contribution in [0.15, 0.2) is 42.6 Å². The molecule has 2 aliphatic heterocycles. The van der Waals surface area contributed by atoms with Gasteiger partial charge in [0.2, 0.25) is 5.95 Å². The third-order valence-electron chi connectivity index (χ3n) is 7.78. The van der Waals surface area contributed by atoms with Crippen LogP contribution >= 0.6 is 11.5 Å². The number of ether oxygens (including phenoxy) is 1. The smallest absolute Gasteiger partial charge is 0.317 e. The molecule has 0 aliphatic carbocycles. The van der Waals surface area contributed by atoms with Gasteiger partial charge in [0.1, 0.15) is 10.8 Å². The lowest BCUT2D eigenvalue weighted by Crippen LogP contribution is -2.52. The number of hydrogen-bond acceptors (Lipinski definition) is 8. The highest BCUT2D eigenvalue weighted by molar-refractivity contribution is 7.05. The van der Waals surface area contributed by atoms with E-state index < -0.39 is 0 Å². The molecule has 5 heterocycles. The Morgan fingerprint density at radius 3 is 2.69 bits per heavy atom. The molecular weight excluding hydrogens is 512 g/mol. The molecule has 39 heavy (non-hydrogen) atoms. The number of carbonyl (C=O) groups excluding carboxylic acids is 1. The summed E-state index contributed by atoms with van der Waals surface area (Å²) >= 11 is 1.43. The van der Waals surface area contributed by atoms with Crippen molar-refractivity contribution in [3.63, 3.8) is 0 Å². The number of rotatable bonds is 8. The molecule has 1 atom stereocenters. The third kappa shape index (κ3) is 5.40. The van der Waals surface area contributed by atoms with Gasteiger partial charge in [-0.1, -0.05) is 37.3 Å². The number of piperidine rings is 1. The van der Waals surface area contributed by atoms with Gasteiger partial charge in [-0.15, -0.1) is 0 Å². The van der Waals surface area contributed by atoms with E-state index in [1.165, 1.54) is 17.1 Å². The molecule has 6 rings (SSSR count). The van der Waals surface area contributed by atoms with E-state index in [-0.39, 0.29) is 17.5 Å². The molecule has 2 fully saturated rings. The van der Waals surface area contributed by atoms with Gasteiger partial charge in [-0.25, -0.2) is 19.3 Å². The maximum absolute atomic E-state index is 12.8. The van der Waals surface area contributed by atoms with Crippen molar-refractivity contribution >= 4 is 29.2 Å². The molecule has 0 saturated carbocycles. The number of urea groups is 1. The van der Waals surface area contributed by atoms with Gasteiger partial charge in [-0.2, -0.15) is 9.47 Å². The first-order valence-corrected chi connectivity index (χ1v) is 14.3. The van der Waals surface area contributed by atoms with Crippen LogP contribution in [0.5, 0.6) is 5.75 Å². The van der Waals surface area contributed by atoms with Crippen molar-refractivity contribution in [2.45, 2.75) is 51.5 Å². The highest BCUT2D eigenvalue weighted by Crippen LogP contribution is 2.30. The minimum atomic E-state index is -0.190. The summed E-state index contributed by atoms with van der Waals surface area (Å²) in [7, 11) is 0. The van der Waals surface area contributed by atoms with Gasteiger partial charge in [0.05, 0.1) is 18.3 Å². The molecule has 3 aromatic heterocycles. The topological polar surface area (TPSA) is 101 Å². The van der Waals surface area contributed by atoms with E-state index in [9.17, 15) is 4.79 Å². The van der Waals surface area contributed by atoms with Crippen LogP contribution in [-0.2, 0) is 6.42 Å². The van der Waals surface area contributed by atoms with Gasteiger partial charge in [0.15, 0.2) is 11.5 Å². The van der Waals surface area contributed by atoms with Gasteiger partial charge < -0.3 is 19.9 Å². The van der Waals surface area contributed by atoms with Crippen LogP contribution in [0, 0.1) is 13.8 Å². The van der Waals surface area contributed by atoms with Crippen LogP contribution in [-0.4, -0.2) is 73.2 Å². The molecule has 4 aromatic rings. The zero-order chi connectivity index (χ0) is 27.0. The lowest BCUT2D eigenvalue weighted by molar-refractivity contribution is 0.217. The average molecular weight is 547 g/mol. The maximum Gasteiger partial charge on any atom is 0.317 e. The van der Waals surface area contributed by atoms with Gasteiger partial charge in [-0.3, -0.25) is 0 Å². The summed E-state index contributed by atoms with van der Waals surface area (Å²) in [6, 6.07) is 12.4. The third-order valence-corrected chi connectivity index (χ3v) is 8.39. The minimum Gasteiger partial charge on any atom is -0.491 e. The highest BCUT2D eigenvalue weighted by Gasteiger charge is 2.44. The fourth-order valence-corrected chi connectivity index (χ4v) is 5.97. The summed E-state index contributed by atoms with van der Waals surface area (Å²) in [5, 5.41) is 8.95. The van der Waals surface area contributed by atoms with Gasteiger partial charge >= 0.3 is 6.03 Å². The van der Waals surface area contributed by atoms with Crippen molar-refractivity contribution < 1.29 is 9.53 Å². The van der Waals surface area contributed by atoms with Gasteiger partial charge in [0.25, 0.3) is 0 Å². The Morgan fingerprint density at radius 1 is 1.15 bits per heavy atom. The van der Waals surface area contributed by atoms with E-state index in [1.807, 2.05) is 37.1 Å². The van der Waals surface area contributed by atoms with E-state index >= 15 is 0 Å². The van der Waals surface area contributed by atoms with Crippen molar-refractivity contribution in [1.82, 2.24) is 34.2 Å². The first-order valence-electron chi connectivity index (χ1n) is 13.5. The molecule has 1 N–H and O–H groups in total. The normalized spacial score (nSPS) is 17.7. The van der Waals surface area contributed by atoms with Crippen molar-refractivity contribution in [2.75, 3.05) is 37.7 Å². The van der Waals surface area contributed by atoms with Crippen LogP contribution in [0.3, 0.4) is 0 Å². The Morgan fingerprint density at radius 2 is 1.95 bits per heavy atom. The number of hydrogen-bond donors (Lipinski definition) is 1. The quantitative estimate of drug-likeness (QED) is 0.357. The number of nitrogens with one attached hydrogen (secondary N) is 1. The van der Waals surface area contributed by atoms with Crippen molar-refractivity contribution in [3.05, 3.63) is 64.6 Å². The van der Waals surface area contributed by atoms with E-state index in [1.54, 1.807) is 4.52 Å². The van der Waals surface area contributed by atoms with Crippen LogP contribution in [0.25, 0.3) is 5.65 Å². The molecule has 0 radical (unpaired) electrons. The Labute approximate surface area is 232 Å². The summed E-state index contributed by atoms with van der Waals surface area (Å²) in [5.74, 6) is 2.58. The van der Waals surface area contributed by atoms with Crippen molar-refractivity contribution in [3.8, 4) is 5.75 Å². The summed E-state index contributed by atoms with van der Waals surface area (Å²) in [6.45, 7) is 9.70. The van der Waals surface area contributed by atoms with Crippen molar-refractivity contribution in [1.29, 1.82) is 0 Å². The molecule has 2 amide bonds. The highest BCUT2D eigenvalue weighted by atomic mass is 32.1. The number of pyridine rings is 1. The van der Waals surface area contributed by atoms with E-state index in [2.05, 4.69) is 50.8 Å². The number of anilines is 1. The fraction of sp³-hybridized carbons (Fsp3) is 0.464. The first kappa shape index (κ1) is 25.5. The molecule has 2 saturated heterocycles. The van der Waals surface area contributed by atoms with Crippen molar-refractivity contribution in [2.24, 2.45) is 0 Å². The summed E-state index contributed by atoms with van der Waals surface area (Å²) < 4.78 is 12.4. The number of carbonyl (C=O) groups is 1. The van der Waals surface area contributed by atoms with Crippen LogP contribution in [0.2, 0.25) is 0 Å². The number of amides is 2. The SMILES string of the molecule is Cc1nc(N2CCC3(CC2)CN(CCc2nc4c(C)cc(OC[C@H](C)c5ccccc5)cn4n2)C(=O)N3)ns1. The Hall–Kier alpha value is -3.73. The summed E-state index contributed by atoms with van der Waals surface area (Å²) in [5.41, 5.74) is 2.88. The lowest BCUT2D eigenvalue weighted by Gasteiger charge is -2.38. The Bertz CT molecular complexity index is 1460. The van der Waals surface area contributed by atoms with Crippen LogP contribution < -0.4 is 15.0 Å². The summed E-state index contributed by atoms with van der Waals surface area (Å²) in [4.78, 5) is 26.2. The van der Waals surface area contributed by atoms with Gasteiger partial charge in [-0.05, 0) is 55.4 Å². The number of nitrogens with zero attached hydrogens (tertiary/aromatic N) is 7. The van der Waals surface area contributed by atoms with E-state index in [0.717, 1.165) is 59.7 Å². The largest absolute Gasteiger partial charge is 0.491 e. The van der Waals surface area contributed by atoms with Gasteiger partial charge in [0, 0.05) is 38.5 Å². The molecule has 1 aromatic carbocycles. The van der Waals surface area contributed by atoms with Crippen LogP contribution in [0.4, 0.5) is 10.7 Å². The molecule has 2 aliphatic rings. The number of aromatic nitrogens is 5. The van der Waals surface area contributed by atoms with E-state index in [0.29, 0.717) is 26.1 Å². The molecular formula is C28H34N8O2S. The predicted molar refractivity (Wildman–Crippen MR) is 151 cm³/mol. The minimum absolute atomic E-state index is 0.00533. The standard InChI is InChI=1S/C28H34N8O2S/c1-19-15-23(38-17-20(2)22-7-5-4-6-8-22)16-36-25(19)30-24(32-36)9-12-35-18-28(31-27(35)37)10-13-34(14-11-28)26-29-21(3)39-33-26/h4-8,15-16,20H,9-14,17-18H2,1-3H3,(H,31,37)/t20-/m0/s1. The maximum atomic E-state index is 12.8. The Kier molecular flexibility index (Phi) is 6.84. The average Bonchev–Trinajstić information content (AvgIpc) is 3.64. The van der Waals surface area contributed by atoms with E-state index in [4.69, 9.17) is 14.8 Å². The number of fused-ring (bicyclic) bond motifs is 1. The lowest BCUT2D eigenvalue weighted by atomic mass is 9.88. The molecule has 0 bridgehead atoms. The second-order valence-corrected chi connectivity index (χ2v) is 11.7. The Balaban J connectivity index is 1.05. The second kappa shape index (κ2) is 10.4. The molecule has 10 nitrogen and oxygen atoms in total. The number of aryl methyl sites for hydroxylation is 2. The van der Waals surface area contributed by atoms with Crippen LogP contribution in [0.1, 0.15) is 47.6 Å². The molecule has 11 heteroatoms. The predicted octanol–water partition coefficient (Wildman–Crippen LogP) is 3.99. The molecule has 204 valence electrons. The summed E-state index contributed by atoms with van der Waals surface area (Å²) in [6.07, 6.45) is 4.25. The zero-order valence-corrected chi connectivity index (χ0v) is 23.4.